The van der Waals surface area contributed by atoms with E-state index in [1.54, 1.807) is 11.3 Å². The molecule has 11 aromatic rings. The van der Waals surface area contributed by atoms with Crippen LogP contribution in [0.2, 0.25) is 0 Å². The van der Waals surface area contributed by atoms with Gasteiger partial charge in [0.1, 0.15) is 27.3 Å². The maximum absolute atomic E-state index is 6.46. The molecule has 0 saturated carbocycles. The number of aromatic nitrogens is 1. The van der Waals surface area contributed by atoms with Crippen molar-refractivity contribution in [2.75, 3.05) is 4.90 Å². The van der Waals surface area contributed by atoms with Gasteiger partial charge in [0.2, 0.25) is 0 Å². The lowest BCUT2D eigenvalue weighted by molar-refractivity contribution is 0.669. The van der Waals surface area contributed by atoms with Crippen molar-refractivity contribution >= 4 is 114 Å². The Morgan fingerprint density at radius 3 is 1.71 bits per heavy atom. The van der Waals surface area contributed by atoms with E-state index in [-0.39, 0.29) is 0 Å². The molecule has 0 radical (unpaired) electrons. The highest BCUT2D eigenvalue weighted by Crippen LogP contribution is 2.52. The Kier molecular flexibility index (Phi) is 5.67. The van der Waals surface area contributed by atoms with Crippen molar-refractivity contribution in [2.24, 2.45) is 0 Å². The summed E-state index contributed by atoms with van der Waals surface area (Å²) in [5.41, 5.74) is 8.67. The standard InChI is InChI=1S/C43H24N2O2S2/c1-2-10-25(11-3-1)43-44-33-24-39-40(32-14-6-9-17-38(32)48-39)41(42(33)49-43)45(26-18-20-30-28-12-4-7-15-34(28)46-36(30)22-26)27-19-21-31-29-13-5-8-16-35(29)47-37(31)23-27/h1-24H. The van der Waals surface area contributed by atoms with E-state index in [2.05, 4.69) is 126 Å². The van der Waals surface area contributed by atoms with E-state index in [0.29, 0.717) is 0 Å². The van der Waals surface area contributed by atoms with Crippen LogP contribution < -0.4 is 4.90 Å². The first kappa shape index (κ1) is 27.0. The van der Waals surface area contributed by atoms with Gasteiger partial charge in [-0.2, -0.15) is 0 Å². The summed E-state index contributed by atoms with van der Waals surface area (Å²) in [6.07, 6.45) is 0. The number of hydrogen-bond donors (Lipinski definition) is 0. The highest BCUT2D eigenvalue weighted by atomic mass is 32.1. The summed E-state index contributed by atoms with van der Waals surface area (Å²) in [7, 11) is 0. The van der Waals surface area contributed by atoms with Crippen LogP contribution in [0.1, 0.15) is 0 Å². The molecular formula is C43H24N2O2S2. The smallest absolute Gasteiger partial charge is 0.137 e. The third kappa shape index (κ3) is 4.05. The Hall–Kier alpha value is -5.95. The van der Waals surface area contributed by atoms with Gasteiger partial charge in [0, 0.05) is 70.8 Å². The van der Waals surface area contributed by atoms with Crippen molar-refractivity contribution in [1.29, 1.82) is 0 Å². The molecule has 4 nitrogen and oxygen atoms in total. The minimum absolute atomic E-state index is 0.849. The summed E-state index contributed by atoms with van der Waals surface area (Å²) in [4.78, 5) is 7.64. The molecule has 230 valence electrons. The molecule has 0 saturated heterocycles. The third-order valence-electron chi connectivity index (χ3n) is 9.48. The van der Waals surface area contributed by atoms with Gasteiger partial charge in [0.05, 0.1) is 15.9 Å². The number of thiazole rings is 1. The fraction of sp³-hybridized carbons (Fsp3) is 0. The van der Waals surface area contributed by atoms with E-state index in [0.717, 1.165) is 81.7 Å². The van der Waals surface area contributed by atoms with Crippen LogP contribution in [0.3, 0.4) is 0 Å². The number of hydrogen-bond acceptors (Lipinski definition) is 6. The molecule has 11 rings (SSSR count). The minimum atomic E-state index is 0.849. The van der Waals surface area contributed by atoms with Gasteiger partial charge in [0.15, 0.2) is 0 Å². The van der Waals surface area contributed by atoms with Crippen LogP contribution >= 0.6 is 22.7 Å². The molecule has 0 aliphatic rings. The quantitative estimate of drug-likeness (QED) is 0.188. The molecule has 0 aliphatic carbocycles. The Labute approximate surface area is 287 Å². The summed E-state index contributed by atoms with van der Waals surface area (Å²) < 4.78 is 16.5. The molecular weight excluding hydrogens is 641 g/mol. The van der Waals surface area contributed by atoms with Gasteiger partial charge in [-0.25, -0.2) is 4.98 Å². The number of furan rings is 2. The number of benzene rings is 7. The molecule has 0 bridgehead atoms. The van der Waals surface area contributed by atoms with Crippen LogP contribution in [0.15, 0.2) is 154 Å². The van der Waals surface area contributed by atoms with E-state index >= 15 is 0 Å². The van der Waals surface area contributed by atoms with Gasteiger partial charge in [-0.3, -0.25) is 0 Å². The molecule has 6 heteroatoms. The second-order valence-corrected chi connectivity index (χ2v) is 14.4. The van der Waals surface area contributed by atoms with Crippen LogP contribution in [-0.2, 0) is 0 Å². The topological polar surface area (TPSA) is 42.4 Å². The van der Waals surface area contributed by atoms with Crippen LogP contribution in [0.4, 0.5) is 17.1 Å². The molecule has 0 aliphatic heterocycles. The molecule has 0 spiro atoms. The van der Waals surface area contributed by atoms with E-state index in [4.69, 9.17) is 13.8 Å². The van der Waals surface area contributed by atoms with E-state index < -0.39 is 0 Å². The molecule has 4 aromatic heterocycles. The van der Waals surface area contributed by atoms with Crippen molar-refractivity contribution in [3.63, 3.8) is 0 Å². The molecule has 7 aromatic carbocycles. The van der Waals surface area contributed by atoms with E-state index in [1.165, 1.54) is 20.2 Å². The van der Waals surface area contributed by atoms with Crippen LogP contribution in [0.25, 0.3) is 84.8 Å². The fourth-order valence-electron chi connectivity index (χ4n) is 7.28. The Morgan fingerprint density at radius 1 is 0.469 bits per heavy atom. The maximum Gasteiger partial charge on any atom is 0.137 e. The Bertz CT molecular complexity index is 2960. The first-order chi connectivity index (χ1) is 24.3. The molecule has 0 unspecified atom stereocenters. The SMILES string of the molecule is c1ccc(-c2nc3cc4sc5ccccc5c4c(N(c4ccc5c(c4)oc4ccccc45)c4ccc5c(c4)oc4ccccc45)c3s2)cc1. The number of fused-ring (bicyclic) bond motifs is 10. The van der Waals surface area contributed by atoms with Crippen LogP contribution in [0, 0.1) is 0 Å². The minimum Gasteiger partial charge on any atom is -0.456 e. The lowest BCUT2D eigenvalue weighted by Gasteiger charge is -2.27. The van der Waals surface area contributed by atoms with Gasteiger partial charge < -0.3 is 13.7 Å². The molecule has 0 N–H and O–H groups in total. The Balaban J connectivity index is 1.27. The average Bonchev–Trinajstić information content (AvgIpc) is 3.92. The van der Waals surface area contributed by atoms with Crippen molar-refractivity contribution in [1.82, 2.24) is 4.98 Å². The second-order valence-electron chi connectivity index (χ2n) is 12.3. The van der Waals surface area contributed by atoms with Crippen molar-refractivity contribution in [3.05, 3.63) is 146 Å². The lowest BCUT2D eigenvalue weighted by Crippen LogP contribution is -2.10. The van der Waals surface area contributed by atoms with Crippen LogP contribution in [0.5, 0.6) is 0 Å². The average molecular weight is 665 g/mol. The highest BCUT2D eigenvalue weighted by molar-refractivity contribution is 7.26. The van der Waals surface area contributed by atoms with E-state index in [1.807, 2.05) is 35.6 Å². The number of thiophene rings is 1. The number of para-hydroxylation sites is 2. The normalized spacial score (nSPS) is 12.1. The zero-order chi connectivity index (χ0) is 32.1. The number of rotatable bonds is 4. The third-order valence-corrected chi connectivity index (χ3v) is 11.7. The highest BCUT2D eigenvalue weighted by Gasteiger charge is 2.26. The van der Waals surface area contributed by atoms with Gasteiger partial charge in [0.25, 0.3) is 0 Å². The first-order valence-electron chi connectivity index (χ1n) is 16.2. The predicted octanol–water partition coefficient (Wildman–Crippen LogP) is 13.6. The maximum atomic E-state index is 6.46. The molecule has 0 fully saturated rings. The molecule has 0 atom stereocenters. The van der Waals surface area contributed by atoms with Crippen molar-refractivity contribution < 1.29 is 8.83 Å². The van der Waals surface area contributed by atoms with Gasteiger partial charge >= 0.3 is 0 Å². The summed E-state index contributed by atoms with van der Waals surface area (Å²) in [5, 5.41) is 7.87. The molecule has 0 amide bonds. The monoisotopic (exact) mass is 664 g/mol. The zero-order valence-electron chi connectivity index (χ0n) is 25.9. The number of anilines is 3. The summed E-state index contributed by atoms with van der Waals surface area (Å²) in [6, 6.07) is 51.1. The molecule has 49 heavy (non-hydrogen) atoms. The lowest BCUT2D eigenvalue weighted by atomic mass is 10.1. The summed E-state index contributed by atoms with van der Waals surface area (Å²) in [5.74, 6) is 0. The second kappa shape index (κ2) is 10.3. The van der Waals surface area contributed by atoms with Crippen molar-refractivity contribution in [2.45, 2.75) is 0 Å². The predicted molar refractivity (Wildman–Crippen MR) is 207 cm³/mol. The number of nitrogens with zero attached hydrogens (tertiary/aromatic N) is 2. The molecule has 4 heterocycles. The zero-order valence-corrected chi connectivity index (χ0v) is 27.5. The van der Waals surface area contributed by atoms with Gasteiger partial charge in [-0.15, -0.1) is 22.7 Å². The van der Waals surface area contributed by atoms with Gasteiger partial charge in [-0.05, 0) is 48.5 Å². The largest absolute Gasteiger partial charge is 0.456 e. The summed E-state index contributed by atoms with van der Waals surface area (Å²) >= 11 is 3.56. The van der Waals surface area contributed by atoms with Gasteiger partial charge in [-0.1, -0.05) is 84.9 Å². The summed E-state index contributed by atoms with van der Waals surface area (Å²) in [6.45, 7) is 0. The Morgan fingerprint density at radius 2 is 1.04 bits per heavy atom. The first-order valence-corrected chi connectivity index (χ1v) is 17.8. The van der Waals surface area contributed by atoms with Crippen molar-refractivity contribution in [3.8, 4) is 10.6 Å². The fourth-order valence-corrected chi connectivity index (χ4v) is 9.51. The van der Waals surface area contributed by atoms with E-state index in [9.17, 15) is 0 Å². The van der Waals surface area contributed by atoms with Crippen LogP contribution in [-0.4, -0.2) is 4.98 Å².